The number of carboxylic acid groups (broad SMARTS) is 1. The molecule has 112 valence electrons. The van der Waals surface area contributed by atoms with E-state index < -0.39 is 12.0 Å². The van der Waals surface area contributed by atoms with Crippen LogP contribution in [0.15, 0.2) is 5.38 Å². The van der Waals surface area contributed by atoms with Crippen LogP contribution in [-0.4, -0.2) is 45.8 Å². The summed E-state index contributed by atoms with van der Waals surface area (Å²) in [5.74, 6) is 0.408. The van der Waals surface area contributed by atoms with Crippen LogP contribution in [0.5, 0.6) is 0 Å². The van der Waals surface area contributed by atoms with Crippen LogP contribution in [0.3, 0.4) is 0 Å². The quantitative estimate of drug-likeness (QED) is 0.719. The van der Waals surface area contributed by atoms with Crippen molar-refractivity contribution in [1.82, 2.24) is 10.3 Å². The van der Waals surface area contributed by atoms with Gasteiger partial charge in [-0.2, -0.15) is 11.8 Å². The van der Waals surface area contributed by atoms with E-state index in [-0.39, 0.29) is 11.7 Å². The molecule has 0 aromatic carbocycles. The first-order valence-electron chi connectivity index (χ1n) is 6.02. The smallest absolute Gasteiger partial charge is 0.326 e. The van der Waals surface area contributed by atoms with Gasteiger partial charge in [0.25, 0.3) is 0 Å². The zero-order chi connectivity index (χ0) is 15.0. The summed E-state index contributed by atoms with van der Waals surface area (Å²) in [5, 5.41) is 14.5. The summed E-state index contributed by atoms with van der Waals surface area (Å²) in [5.41, 5.74) is 0.961. The standard InChI is InChI=1S/C12H18N2O3S3/c1-8-13-9(6-20-8)5-19-7-11(15)14-10(12(16)17)3-4-18-2/h6,10H,3-5,7H2,1-2H3,(H,14,15)(H,16,17). The molecule has 0 radical (unpaired) electrons. The van der Waals surface area contributed by atoms with E-state index in [4.69, 9.17) is 5.11 Å². The van der Waals surface area contributed by atoms with Crippen molar-refractivity contribution in [1.29, 1.82) is 0 Å². The number of hydrogen-bond donors (Lipinski definition) is 2. The molecule has 20 heavy (non-hydrogen) atoms. The minimum absolute atomic E-state index is 0.240. The van der Waals surface area contributed by atoms with Crippen molar-refractivity contribution in [2.24, 2.45) is 0 Å². The normalized spacial score (nSPS) is 12.1. The van der Waals surface area contributed by atoms with E-state index in [1.54, 1.807) is 23.1 Å². The van der Waals surface area contributed by atoms with Crippen LogP contribution in [0.25, 0.3) is 0 Å². The topological polar surface area (TPSA) is 79.3 Å². The van der Waals surface area contributed by atoms with Crippen LogP contribution in [0.1, 0.15) is 17.1 Å². The summed E-state index contributed by atoms with van der Waals surface area (Å²) in [7, 11) is 0. The molecule has 0 fully saturated rings. The summed E-state index contributed by atoms with van der Waals surface area (Å²) < 4.78 is 0. The Labute approximate surface area is 130 Å². The molecule has 1 aromatic heterocycles. The molecule has 1 unspecified atom stereocenters. The fourth-order valence-corrected chi connectivity index (χ4v) is 3.37. The van der Waals surface area contributed by atoms with Gasteiger partial charge in [0.1, 0.15) is 6.04 Å². The van der Waals surface area contributed by atoms with Crippen molar-refractivity contribution in [2.75, 3.05) is 17.8 Å². The molecule has 0 aliphatic carbocycles. The summed E-state index contributed by atoms with van der Waals surface area (Å²) in [4.78, 5) is 27.0. The van der Waals surface area contributed by atoms with Gasteiger partial charge in [-0.25, -0.2) is 9.78 Å². The fraction of sp³-hybridized carbons (Fsp3) is 0.583. The van der Waals surface area contributed by atoms with E-state index in [0.29, 0.717) is 17.9 Å². The molecule has 1 heterocycles. The number of aryl methyl sites for hydroxylation is 1. The highest BCUT2D eigenvalue weighted by Gasteiger charge is 2.19. The number of aliphatic carboxylic acids is 1. The van der Waals surface area contributed by atoms with Crippen molar-refractivity contribution >= 4 is 46.7 Å². The molecule has 1 amide bonds. The van der Waals surface area contributed by atoms with Crippen molar-refractivity contribution in [3.05, 3.63) is 16.1 Å². The lowest BCUT2D eigenvalue weighted by molar-refractivity contribution is -0.141. The second-order valence-electron chi connectivity index (χ2n) is 4.09. The third kappa shape index (κ3) is 6.62. The van der Waals surface area contributed by atoms with Crippen LogP contribution < -0.4 is 5.32 Å². The van der Waals surface area contributed by atoms with Crippen LogP contribution in [-0.2, 0) is 15.3 Å². The molecule has 0 saturated carbocycles. The third-order valence-corrected chi connectivity index (χ3v) is 4.83. The Morgan fingerprint density at radius 1 is 1.55 bits per heavy atom. The van der Waals surface area contributed by atoms with E-state index in [1.165, 1.54) is 11.8 Å². The SMILES string of the molecule is CSCCC(NC(=O)CSCc1csc(C)n1)C(=O)O. The number of carboxylic acids is 1. The first kappa shape index (κ1) is 17.3. The maximum Gasteiger partial charge on any atom is 0.326 e. The molecule has 2 N–H and O–H groups in total. The highest BCUT2D eigenvalue weighted by Crippen LogP contribution is 2.15. The van der Waals surface area contributed by atoms with Crippen molar-refractivity contribution in [3.8, 4) is 0 Å². The van der Waals surface area contributed by atoms with Gasteiger partial charge >= 0.3 is 5.97 Å². The van der Waals surface area contributed by atoms with Crippen LogP contribution >= 0.6 is 34.9 Å². The number of carbonyl (C=O) groups excluding carboxylic acids is 1. The molecular weight excluding hydrogens is 316 g/mol. The number of carbonyl (C=O) groups is 2. The lowest BCUT2D eigenvalue weighted by Crippen LogP contribution is -2.42. The Bertz CT molecular complexity index is 451. The monoisotopic (exact) mass is 334 g/mol. The van der Waals surface area contributed by atoms with Crippen molar-refractivity contribution < 1.29 is 14.7 Å². The van der Waals surface area contributed by atoms with E-state index >= 15 is 0 Å². The number of rotatable bonds is 9. The molecule has 0 saturated heterocycles. The number of amides is 1. The van der Waals surface area contributed by atoms with Gasteiger partial charge in [0.2, 0.25) is 5.91 Å². The Hall–Kier alpha value is -0.730. The summed E-state index contributed by atoms with van der Waals surface area (Å²) in [6.45, 7) is 1.94. The van der Waals surface area contributed by atoms with E-state index in [2.05, 4.69) is 10.3 Å². The lowest BCUT2D eigenvalue weighted by Gasteiger charge is -2.13. The van der Waals surface area contributed by atoms with E-state index in [9.17, 15) is 9.59 Å². The molecule has 8 heteroatoms. The second-order valence-corrected chi connectivity index (χ2v) is 7.12. The number of thioether (sulfide) groups is 2. The van der Waals surface area contributed by atoms with Gasteiger partial charge in [-0.05, 0) is 25.4 Å². The van der Waals surface area contributed by atoms with Gasteiger partial charge in [0.15, 0.2) is 0 Å². The fourth-order valence-electron chi connectivity index (χ4n) is 1.45. The molecule has 1 atom stereocenters. The van der Waals surface area contributed by atoms with Crippen molar-refractivity contribution in [3.63, 3.8) is 0 Å². The number of aromatic nitrogens is 1. The molecule has 0 spiro atoms. The molecule has 1 rings (SSSR count). The zero-order valence-electron chi connectivity index (χ0n) is 11.4. The largest absolute Gasteiger partial charge is 0.480 e. The Kier molecular flexibility index (Phi) is 8.01. The predicted molar refractivity (Wildman–Crippen MR) is 85.6 cm³/mol. The second kappa shape index (κ2) is 9.25. The zero-order valence-corrected chi connectivity index (χ0v) is 13.9. The molecule has 0 aliphatic heterocycles. The third-order valence-electron chi connectivity index (χ3n) is 2.39. The molecule has 1 aromatic rings. The minimum Gasteiger partial charge on any atom is -0.480 e. The molecule has 5 nitrogen and oxygen atoms in total. The van der Waals surface area contributed by atoms with Crippen LogP contribution in [0, 0.1) is 6.92 Å². The predicted octanol–water partition coefficient (Wildman–Crippen LogP) is 2.01. The van der Waals surface area contributed by atoms with E-state index in [0.717, 1.165) is 10.7 Å². The molecule has 0 aliphatic rings. The summed E-state index contributed by atoms with van der Waals surface area (Å²) in [6, 6.07) is -0.794. The summed E-state index contributed by atoms with van der Waals surface area (Å²) >= 11 is 4.59. The number of thiazole rings is 1. The van der Waals surface area contributed by atoms with Gasteiger partial charge in [0, 0.05) is 11.1 Å². The number of nitrogens with one attached hydrogen (secondary N) is 1. The van der Waals surface area contributed by atoms with Gasteiger partial charge in [-0.15, -0.1) is 23.1 Å². The minimum atomic E-state index is -0.979. The van der Waals surface area contributed by atoms with Crippen LogP contribution in [0.2, 0.25) is 0 Å². The first-order valence-corrected chi connectivity index (χ1v) is 9.45. The average Bonchev–Trinajstić information content (AvgIpc) is 2.80. The van der Waals surface area contributed by atoms with Crippen LogP contribution in [0.4, 0.5) is 0 Å². The number of nitrogens with zero attached hydrogens (tertiary/aromatic N) is 1. The first-order chi connectivity index (χ1) is 9.52. The van der Waals surface area contributed by atoms with Gasteiger partial charge in [-0.1, -0.05) is 0 Å². The van der Waals surface area contributed by atoms with Gasteiger partial charge in [0.05, 0.1) is 16.5 Å². The Morgan fingerprint density at radius 3 is 2.85 bits per heavy atom. The summed E-state index contributed by atoms with van der Waals surface area (Å²) in [6.07, 6.45) is 2.35. The number of hydrogen-bond acceptors (Lipinski definition) is 6. The Balaban J connectivity index is 2.28. The highest BCUT2D eigenvalue weighted by molar-refractivity contribution is 7.99. The maximum absolute atomic E-state index is 11.7. The Morgan fingerprint density at radius 2 is 2.30 bits per heavy atom. The average molecular weight is 334 g/mol. The maximum atomic E-state index is 11.7. The van der Waals surface area contributed by atoms with Gasteiger partial charge in [-0.3, -0.25) is 4.79 Å². The molecule has 0 bridgehead atoms. The lowest BCUT2D eigenvalue weighted by atomic mass is 10.2. The van der Waals surface area contributed by atoms with E-state index in [1.807, 2.05) is 18.6 Å². The highest BCUT2D eigenvalue weighted by atomic mass is 32.2. The molecular formula is C12H18N2O3S3. The van der Waals surface area contributed by atoms with Gasteiger partial charge < -0.3 is 10.4 Å². The van der Waals surface area contributed by atoms with Crippen molar-refractivity contribution in [2.45, 2.75) is 25.1 Å².